The van der Waals surface area contributed by atoms with Crippen molar-refractivity contribution in [3.8, 4) is 0 Å². The number of benzene rings is 1. The summed E-state index contributed by atoms with van der Waals surface area (Å²) in [4.78, 5) is 24.2. The fourth-order valence-electron chi connectivity index (χ4n) is 2.44. The molecule has 1 saturated heterocycles. The summed E-state index contributed by atoms with van der Waals surface area (Å²) < 4.78 is 27.1. The molecule has 0 bridgehead atoms. The number of aliphatic carboxylic acids is 1. The van der Waals surface area contributed by atoms with Crippen molar-refractivity contribution in [3.63, 3.8) is 0 Å². The van der Waals surface area contributed by atoms with Crippen molar-refractivity contribution in [1.82, 2.24) is 4.90 Å². The smallest absolute Gasteiger partial charge is 0.303 e. The van der Waals surface area contributed by atoms with Crippen molar-refractivity contribution in [2.75, 3.05) is 13.1 Å². The minimum Gasteiger partial charge on any atom is -0.481 e. The van der Waals surface area contributed by atoms with Crippen molar-refractivity contribution in [1.29, 1.82) is 0 Å². The van der Waals surface area contributed by atoms with E-state index in [2.05, 4.69) is 0 Å². The number of hydrogen-bond donors (Lipinski definition) is 1. The molecule has 1 N–H and O–H groups in total. The zero-order chi connectivity index (χ0) is 15.6. The lowest BCUT2D eigenvalue weighted by molar-refractivity contribution is -0.138. The number of carbonyl (C=O) groups excluding carboxylic acids is 1. The Kier molecular flexibility index (Phi) is 4.77. The Labute approximate surface area is 125 Å². The number of carbonyl (C=O) groups is 2. The lowest BCUT2D eigenvalue weighted by atomic mass is 9.93. The second kappa shape index (κ2) is 6.39. The first kappa shape index (κ1) is 15.7. The van der Waals surface area contributed by atoms with E-state index in [-0.39, 0.29) is 22.9 Å². The van der Waals surface area contributed by atoms with Gasteiger partial charge >= 0.3 is 5.97 Å². The molecule has 0 atom stereocenters. The van der Waals surface area contributed by atoms with Crippen LogP contribution in [-0.4, -0.2) is 35.0 Å². The van der Waals surface area contributed by atoms with E-state index in [1.165, 1.54) is 4.90 Å². The number of carboxylic acid groups (broad SMARTS) is 1. The van der Waals surface area contributed by atoms with Crippen LogP contribution in [-0.2, 0) is 4.79 Å². The topological polar surface area (TPSA) is 57.6 Å². The highest BCUT2D eigenvalue weighted by Gasteiger charge is 2.27. The predicted octanol–water partition coefficient (Wildman–Crippen LogP) is 2.95. The molecule has 0 saturated carbocycles. The maximum Gasteiger partial charge on any atom is 0.303 e. The standard InChI is InChI=1S/C14H14ClF2NO3/c15-10-7-11(16)9(6-12(10)17)14(21)18-3-1-8(2-4-18)5-13(19)20/h6-8H,1-5H2,(H,19,20). The zero-order valence-corrected chi connectivity index (χ0v) is 11.9. The fourth-order valence-corrected chi connectivity index (χ4v) is 2.59. The minimum atomic E-state index is -0.870. The van der Waals surface area contributed by atoms with Gasteiger partial charge in [0, 0.05) is 19.5 Å². The summed E-state index contributed by atoms with van der Waals surface area (Å²) in [5.74, 6) is -3.16. The van der Waals surface area contributed by atoms with E-state index in [9.17, 15) is 18.4 Å². The van der Waals surface area contributed by atoms with Gasteiger partial charge in [0.15, 0.2) is 0 Å². The molecule has 0 aromatic heterocycles. The molecule has 21 heavy (non-hydrogen) atoms. The van der Waals surface area contributed by atoms with Gasteiger partial charge < -0.3 is 10.0 Å². The van der Waals surface area contributed by atoms with Gasteiger partial charge in [-0.1, -0.05) is 11.6 Å². The molecule has 0 aliphatic carbocycles. The first-order chi connectivity index (χ1) is 9.88. The minimum absolute atomic E-state index is 0.0124. The molecule has 7 heteroatoms. The van der Waals surface area contributed by atoms with E-state index >= 15 is 0 Å². The van der Waals surface area contributed by atoms with Gasteiger partial charge in [-0.05, 0) is 30.9 Å². The van der Waals surface area contributed by atoms with Crippen LogP contribution >= 0.6 is 11.6 Å². The van der Waals surface area contributed by atoms with Gasteiger partial charge in [0.2, 0.25) is 0 Å². The molecule has 114 valence electrons. The van der Waals surface area contributed by atoms with Crippen molar-refractivity contribution in [3.05, 3.63) is 34.4 Å². The van der Waals surface area contributed by atoms with Gasteiger partial charge in [-0.15, -0.1) is 0 Å². The summed E-state index contributed by atoms with van der Waals surface area (Å²) in [6.07, 6.45) is 1.14. The van der Waals surface area contributed by atoms with E-state index < -0.39 is 23.5 Å². The average Bonchev–Trinajstić information content (AvgIpc) is 2.42. The normalized spacial score (nSPS) is 16.0. The second-order valence-electron chi connectivity index (χ2n) is 5.08. The van der Waals surface area contributed by atoms with Crippen molar-refractivity contribution in [2.24, 2.45) is 5.92 Å². The second-order valence-corrected chi connectivity index (χ2v) is 5.49. The summed E-state index contributed by atoms with van der Waals surface area (Å²) in [5.41, 5.74) is -0.353. The number of piperidine rings is 1. The molecule has 1 aliphatic heterocycles. The summed E-state index contributed by atoms with van der Waals surface area (Å²) >= 11 is 5.45. The number of hydrogen-bond acceptors (Lipinski definition) is 2. The number of halogens is 3. The van der Waals surface area contributed by atoms with E-state index in [0.717, 1.165) is 12.1 Å². The van der Waals surface area contributed by atoms with E-state index in [1.54, 1.807) is 0 Å². The third-order valence-electron chi connectivity index (χ3n) is 3.61. The Morgan fingerprint density at radius 3 is 2.43 bits per heavy atom. The summed E-state index contributed by atoms with van der Waals surface area (Å²) in [7, 11) is 0. The zero-order valence-electron chi connectivity index (χ0n) is 11.1. The molecule has 1 aromatic rings. The van der Waals surface area contributed by atoms with Crippen LogP contribution in [0.5, 0.6) is 0 Å². The largest absolute Gasteiger partial charge is 0.481 e. The highest BCUT2D eigenvalue weighted by Crippen LogP contribution is 2.24. The van der Waals surface area contributed by atoms with Gasteiger partial charge in [-0.3, -0.25) is 9.59 Å². The summed E-state index contributed by atoms with van der Waals surface area (Å²) in [5, 5.41) is 8.36. The first-order valence-corrected chi connectivity index (χ1v) is 6.92. The molecule has 1 heterocycles. The highest BCUT2D eigenvalue weighted by molar-refractivity contribution is 6.30. The lowest BCUT2D eigenvalue weighted by Gasteiger charge is -2.31. The van der Waals surface area contributed by atoms with Gasteiger partial charge in [-0.2, -0.15) is 0 Å². The molecule has 0 unspecified atom stereocenters. The van der Waals surface area contributed by atoms with Gasteiger partial charge in [0.05, 0.1) is 10.6 Å². The molecule has 1 aromatic carbocycles. The third-order valence-corrected chi connectivity index (χ3v) is 3.90. The molecule has 2 rings (SSSR count). The fraction of sp³-hybridized carbons (Fsp3) is 0.429. The molecule has 0 radical (unpaired) electrons. The number of rotatable bonds is 3. The molecular weight excluding hydrogens is 304 g/mol. The molecule has 4 nitrogen and oxygen atoms in total. The van der Waals surface area contributed by atoms with E-state index in [4.69, 9.17) is 16.7 Å². The van der Waals surface area contributed by atoms with Gasteiger partial charge in [0.1, 0.15) is 11.6 Å². The quantitative estimate of drug-likeness (QED) is 0.872. The van der Waals surface area contributed by atoms with Crippen LogP contribution in [0.1, 0.15) is 29.6 Å². The van der Waals surface area contributed by atoms with E-state index in [0.29, 0.717) is 25.9 Å². The number of amides is 1. The van der Waals surface area contributed by atoms with Crippen LogP contribution in [0.15, 0.2) is 12.1 Å². The van der Waals surface area contributed by atoms with Crippen molar-refractivity contribution >= 4 is 23.5 Å². The van der Waals surface area contributed by atoms with Crippen LogP contribution in [0, 0.1) is 17.6 Å². The van der Waals surface area contributed by atoms with Crippen LogP contribution in [0.2, 0.25) is 5.02 Å². The van der Waals surface area contributed by atoms with Crippen molar-refractivity contribution in [2.45, 2.75) is 19.3 Å². The van der Waals surface area contributed by atoms with Crippen LogP contribution in [0.3, 0.4) is 0 Å². The molecule has 1 fully saturated rings. The van der Waals surface area contributed by atoms with E-state index in [1.807, 2.05) is 0 Å². The first-order valence-electron chi connectivity index (χ1n) is 6.54. The Bertz CT molecular complexity index is 572. The monoisotopic (exact) mass is 317 g/mol. The third kappa shape index (κ3) is 3.69. The Hall–Kier alpha value is -1.69. The molecule has 1 amide bonds. The number of nitrogens with zero attached hydrogens (tertiary/aromatic N) is 1. The number of likely N-dealkylation sites (tertiary alicyclic amines) is 1. The molecule has 1 aliphatic rings. The predicted molar refractivity (Wildman–Crippen MR) is 72.2 cm³/mol. The maximum absolute atomic E-state index is 13.7. The SMILES string of the molecule is O=C(O)CC1CCN(C(=O)c2cc(F)c(Cl)cc2F)CC1. The van der Waals surface area contributed by atoms with Crippen LogP contribution in [0.25, 0.3) is 0 Å². The van der Waals surface area contributed by atoms with Gasteiger partial charge in [0.25, 0.3) is 5.91 Å². The van der Waals surface area contributed by atoms with Gasteiger partial charge in [-0.25, -0.2) is 8.78 Å². The highest BCUT2D eigenvalue weighted by atomic mass is 35.5. The van der Waals surface area contributed by atoms with Crippen LogP contribution < -0.4 is 0 Å². The average molecular weight is 318 g/mol. The molecular formula is C14H14ClF2NO3. The summed E-state index contributed by atoms with van der Waals surface area (Å²) in [6.45, 7) is 0.668. The number of carboxylic acids is 1. The Balaban J connectivity index is 2.05. The van der Waals surface area contributed by atoms with Crippen molar-refractivity contribution < 1.29 is 23.5 Å². The maximum atomic E-state index is 13.7. The summed E-state index contributed by atoms with van der Waals surface area (Å²) in [6, 6.07) is 1.57. The molecule has 0 spiro atoms. The Morgan fingerprint density at radius 2 is 1.86 bits per heavy atom. The lowest BCUT2D eigenvalue weighted by Crippen LogP contribution is -2.39. The van der Waals surface area contributed by atoms with Crippen LogP contribution in [0.4, 0.5) is 8.78 Å². The Morgan fingerprint density at radius 1 is 1.24 bits per heavy atom.